The molecule has 188 valence electrons. The van der Waals surface area contributed by atoms with E-state index < -0.39 is 12.1 Å². The SMILES string of the molecule is CNC1CN(Sc2ccc(Cl)cc2Cl)C2CN(C(C)C)C(=O)C(Cc3ccc(Cl)c(Cl)c3)N2C1=O. The van der Waals surface area contributed by atoms with E-state index in [-0.39, 0.29) is 24.0 Å². The molecule has 2 aliphatic heterocycles. The molecule has 2 saturated heterocycles. The van der Waals surface area contributed by atoms with Gasteiger partial charge in [-0.25, -0.2) is 4.31 Å². The highest BCUT2D eigenvalue weighted by Crippen LogP contribution is 2.38. The molecule has 3 unspecified atom stereocenters. The van der Waals surface area contributed by atoms with Crippen LogP contribution in [0.25, 0.3) is 0 Å². The molecule has 2 aromatic carbocycles. The highest BCUT2D eigenvalue weighted by atomic mass is 35.5. The summed E-state index contributed by atoms with van der Waals surface area (Å²) in [6, 6.07) is 9.49. The van der Waals surface area contributed by atoms with Gasteiger partial charge in [-0.15, -0.1) is 0 Å². The van der Waals surface area contributed by atoms with Gasteiger partial charge in [0, 0.05) is 28.9 Å². The molecule has 0 radical (unpaired) electrons. The second-order valence-electron chi connectivity index (χ2n) is 8.89. The van der Waals surface area contributed by atoms with Crippen molar-refractivity contribution in [3.8, 4) is 0 Å². The van der Waals surface area contributed by atoms with Gasteiger partial charge in [0.05, 0.1) is 21.6 Å². The molecular weight excluding hydrogens is 550 g/mol. The number of fused-ring (bicyclic) bond motifs is 1. The van der Waals surface area contributed by atoms with Crippen molar-refractivity contribution in [1.29, 1.82) is 0 Å². The summed E-state index contributed by atoms with van der Waals surface area (Å²) in [5, 5.41) is 5.06. The van der Waals surface area contributed by atoms with E-state index >= 15 is 0 Å². The zero-order valence-electron chi connectivity index (χ0n) is 19.5. The first-order chi connectivity index (χ1) is 16.6. The second kappa shape index (κ2) is 11.1. The molecule has 2 aliphatic rings. The Bertz CT molecular complexity index is 1130. The van der Waals surface area contributed by atoms with Gasteiger partial charge < -0.3 is 15.1 Å². The molecule has 2 amide bonds. The van der Waals surface area contributed by atoms with Gasteiger partial charge in [0.25, 0.3) is 0 Å². The smallest absolute Gasteiger partial charge is 0.246 e. The van der Waals surface area contributed by atoms with Crippen LogP contribution in [0.5, 0.6) is 0 Å². The fraction of sp³-hybridized carbons (Fsp3) is 0.417. The van der Waals surface area contributed by atoms with Crippen molar-refractivity contribution in [2.45, 2.75) is 49.5 Å². The van der Waals surface area contributed by atoms with Crippen LogP contribution >= 0.6 is 58.4 Å². The summed E-state index contributed by atoms with van der Waals surface area (Å²) in [5.41, 5.74) is 0.835. The number of likely N-dealkylation sites (N-methyl/N-ethyl adjacent to an activating group) is 1. The predicted molar refractivity (Wildman–Crippen MR) is 143 cm³/mol. The Kier molecular flexibility index (Phi) is 8.48. The van der Waals surface area contributed by atoms with E-state index in [1.54, 1.807) is 36.2 Å². The number of carbonyl (C=O) groups excluding carboxylic acids is 2. The maximum absolute atomic E-state index is 13.7. The van der Waals surface area contributed by atoms with Crippen molar-refractivity contribution in [2.75, 3.05) is 20.1 Å². The number of amides is 2. The fourth-order valence-electron chi connectivity index (χ4n) is 4.49. The first-order valence-corrected chi connectivity index (χ1v) is 13.5. The average molecular weight is 576 g/mol. The molecule has 4 rings (SSSR count). The first kappa shape index (κ1) is 26.9. The van der Waals surface area contributed by atoms with Crippen LogP contribution in [0.3, 0.4) is 0 Å². The lowest BCUT2D eigenvalue weighted by atomic mass is 9.96. The molecule has 0 bridgehead atoms. The van der Waals surface area contributed by atoms with E-state index in [1.165, 1.54) is 11.9 Å². The number of halogens is 4. The van der Waals surface area contributed by atoms with Crippen molar-refractivity contribution < 1.29 is 9.59 Å². The highest BCUT2D eigenvalue weighted by Gasteiger charge is 2.51. The Morgan fingerprint density at radius 3 is 2.34 bits per heavy atom. The maximum atomic E-state index is 13.7. The van der Waals surface area contributed by atoms with Crippen LogP contribution in [0.4, 0.5) is 0 Å². The van der Waals surface area contributed by atoms with E-state index in [1.807, 2.05) is 30.9 Å². The van der Waals surface area contributed by atoms with Crippen molar-refractivity contribution in [2.24, 2.45) is 0 Å². The summed E-state index contributed by atoms with van der Waals surface area (Å²) in [6.07, 6.45) is -0.00520. The van der Waals surface area contributed by atoms with Crippen LogP contribution in [0.15, 0.2) is 41.3 Å². The lowest BCUT2D eigenvalue weighted by Crippen LogP contribution is -2.74. The molecule has 2 fully saturated rings. The number of nitrogens with zero attached hydrogens (tertiary/aromatic N) is 3. The van der Waals surface area contributed by atoms with Gasteiger partial charge in [-0.3, -0.25) is 9.59 Å². The summed E-state index contributed by atoms with van der Waals surface area (Å²) in [7, 11) is 1.75. The van der Waals surface area contributed by atoms with Crippen LogP contribution in [0, 0.1) is 0 Å². The Hall–Kier alpha value is -1.19. The van der Waals surface area contributed by atoms with Crippen LogP contribution in [-0.4, -0.2) is 70.3 Å². The quantitative estimate of drug-likeness (QED) is 0.478. The number of benzene rings is 2. The first-order valence-electron chi connectivity index (χ1n) is 11.2. The summed E-state index contributed by atoms with van der Waals surface area (Å²) in [6.45, 7) is 4.82. The lowest BCUT2D eigenvalue weighted by molar-refractivity contribution is -0.168. The third-order valence-corrected chi connectivity index (χ3v) is 8.91. The number of hydrogen-bond acceptors (Lipinski definition) is 5. The maximum Gasteiger partial charge on any atom is 0.246 e. The minimum atomic E-state index is -0.680. The third kappa shape index (κ3) is 5.57. The number of nitrogens with one attached hydrogen (secondary N) is 1. The average Bonchev–Trinajstić information content (AvgIpc) is 2.80. The van der Waals surface area contributed by atoms with E-state index in [0.29, 0.717) is 39.6 Å². The molecule has 6 nitrogen and oxygen atoms in total. The molecule has 2 aromatic rings. The van der Waals surface area contributed by atoms with E-state index in [2.05, 4.69) is 9.62 Å². The Labute approximate surface area is 229 Å². The van der Waals surface area contributed by atoms with Crippen LogP contribution < -0.4 is 5.32 Å². The Morgan fingerprint density at radius 1 is 0.971 bits per heavy atom. The normalized spacial score (nSPS) is 23.3. The summed E-state index contributed by atoms with van der Waals surface area (Å²) in [5.74, 6) is -0.180. The largest absolute Gasteiger partial charge is 0.335 e. The molecule has 0 aliphatic carbocycles. The van der Waals surface area contributed by atoms with Gasteiger partial charge in [-0.05, 0) is 68.7 Å². The van der Waals surface area contributed by atoms with E-state index in [4.69, 9.17) is 46.4 Å². The van der Waals surface area contributed by atoms with Gasteiger partial charge >= 0.3 is 0 Å². The molecule has 0 spiro atoms. The lowest BCUT2D eigenvalue weighted by Gasteiger charge is -2.54. The summed E-state index contributed by atoms with van der Waals surface area (Å²) >= 11 is 26.4. The monoisotopic (exact) mass is 574 g/mol. The predicted octanol–water partition coefficient (Wildman–Crippen LogP) is 5.23. The zero-order valence-corrected chi connectivity index (χ0v) is 23.3. The molecule has 1 N–H and O–H groups in total. The molecular formula is C24H26Cl4N4O2S. The molecule has 3 atom stereocenters. The van der Waals surface area contributed by atoms with Gasteiger partial charge in [0.2, 0.25) is 11.8 Å². The van der Waals surface area contributed by atoms with Crippen LogP contribution in [0.2, 0.25) is 20.1 Å². The third-order valence-electron chi connectivity index (χ3n) is 6.33. The van der Waals surface area contributed by atoms with Crippen molar-refractivity contribution in [3.63, 3.8) is 0 Å². The number of rotatable bonds is 6. The van der Waals surface area contributed by atoms with Crippen molar-refractivity contribution in [3.05, 3.63) is 62.1 Å². The Balaban J connectivity index is 1.73. The van der Waals surface area contributed by atoms with E-state index in [9.17, 15) is 9.59 Å². The fourth-order valence-corrected chi connectivity index (χ4v) is 6.37. The Morgan fingerprint density at radius 2 is 1.71 bits per heavy atom. The van der Waals surface area contributed by atoms with Gasteiger partial charge in [0.1, 0.15) is 18.2 Å². The minimum Gasteiger partial charge on any atom is -0.335 e. The van der Waals surface area contributed by atoms with Gasteiger partial charge in [-0.2, -0.15) is 0 Å². The number of hydrogen-bond donors (Lipinski definition) is 1. The number of piperazine rings is 1. The van der Waals surface area contributed by atoms with Crippen LogP contribution in [-0.2, 0) is 16.0 Å². The molecule has 2 heterocycles. The van der Waals surface area contributed by atoms with Gasteiger partial charge in [0.15, 0.2) is 0 Å². The number of carbonyl (C=O) groups is 2. The molecule has 35 heavy (non-hydrogen) atoms. The summed E-state index contributed by atoms with van der Waals surface area (Å²) in [4.78, 5) is 31.7. The van der Waals surface area contributed by atoms with Crippen molar-refractivity contribution >= 4 is 70.2 Å². The van der Waals surface area contributed by atoms with E-state index in [0.717, 1.165) is 10.5 Å². The molecule has 0 aromatic heterocycles. The van der Waals surface area contributed by atoms with Gasteiger partial charge in [-0.1, -0.05) is 52.5 Å². The van der Waals surface area contributed by atoms with Crippen molar-refractivity contribution in [1.82, 2.24) is 19.4 Å². The zero-order chi connectivity index (χ0) is 25.4. The van der Waals surface area contributed by atoms with Crippen LogP contribution in [0.1, 0.15) is 19.4 Å². The second-order valence-corrected chi connectivity index (χ2v) is 11.6. The topological polar surface area (TPSA) is 55.9 Å². The highest BCUT2D eigenvalue weighted by molar-refractivity contribution is 7.97. The molecule has 0 saturated carbocycles. The molecule has 11 heteroatoms. The standard InChI is InChI=1S/C24H26Cl4N4O2S/c1-13(2)30-12-22-31(35-21-7-5-15(25)10-18(21)28)11-19(29-3)23(33)32(22)20(24(30)34)9-14-4-6-16(26)17(27)8-14/h4-8,10,13,19-20,22,29H,9,11-12H2,1-3H3. The summed E-state index contributed by atoms with van der Waals surface area (Å²) < 4.78 is 2.13. The minimum absolute atomic E-state index is 0.0240.